The first-order chi connectivity index (χ1) is 22.6. The largest absolute Gasteiger partial charge is 0.494 e. The number of amides is 1. The van der Waals surface area contributed by atoms with Crippen LogP contribution in [0.1, 0.15) is 21.5 Å². The van der Waals surface area contributed by atoms with Crippen LogP contribution in [-0.2, 0) is 10.9 Å². The van der Waals surface area contributed by atoms with Crippen LogP contribution in [0, 0.1) is 6.92 Å². The molecule has 5 aromatic rings. The number of fused-ring (bicyclic) bond motifs is 1. The van der Waals surface area contributed by atoms with Gasteiger partial charge in [0.15, 0.2) is 0 Å². The van der Waals surface area contributed by atoms with Crippen molar-refractivity contribution in [2.24, 2.45) is 0 Å². The highest BCUT2D eigenvalue weighted by Crippen LogP contribution is 2.34. The zero-order valence-electron chi connectivity index (χ0n) is 25.7. The maximum atomic E-state index is 13.2. The van der Waals surface area contributed by atoms with E-state index in [-0.39, 0.29) is 17.4 Å². The van der Waals surface area contributed by atoms with E-state index in [0.29, 0.717) is 52.5 Å². The number of hydrogen-bond donors (Lipinski definition) is 2. The smallest absolute Gasteiger partial charge is 0.416 e. The van der Waals surface area contributed by atoms with Gasteiger partial charge in [-0.25, -0.2) is 19.9 Å². The number of hydrogen-bond acceptors (Lipinski definition) is 10. The van der Waals surface area contributed by atoms with Crippen molar-refractivity contribution in [2.45, 2.75) is 13.1 Å². The minimum atomic E-state index is -4.56. The van der Waals surface area contributed by atoms with Gasteiger partial charge in [-0.15, -0.1) is 0 Å². The Hall–Kier alpha value is -5.50. The van der Waals surface area contributed by atoms with Crippen LogP contribution in [0.5, 0.6) is 11.6 Å². The molecule has 1 fully saturated rings. The van der Waals surface area contributed by atoms with E-state index in [0.717, 1.165) is 36.6 Å². The molecule has 1 aliphatic heterocycles. The summed E-state index contributed by atoms with van der Waals surface area (Å²) in [5.74, 6) is 1.20. The van der Waals surface area contributed by atoms with E-state index in [1.165, 1.54) is 19.2 Å². The molecule has 2 N–H and O–H groups in total. The summed E-state index contributed by atoms with van der Waals surface area (Å²) in [6.45, 7) is 4.63. The summed E-state index contributed by atoms with van der Waals surface area (Å²) in [5, 5.41) is 6.49. The Morgan fingerprint density at radius 3 is 2.51 bits per heavy atom. The van der Waals surface area contributed by atoms with Crippen molar-refractivity contribution in [3.05, 3.63) is 83.7 Å². The molecule has 0 unspecified atom stereocenters. The van der Waals surface area contributed by atoms with Crippen LogP contribution in [0.15, 0.2) is 67.0 Å². The standard InChI is InChI=1S/C33H30F3N7O4/c1-19-7-8-23(39-30(44)20-5-4-6-22(13-20)33(34,35)36)15-24(19)25-14-21-17-38-32(42-29(21)31(40-25)46-3)41-26-18-37-28(16-27(26)45-2)43-9-11-47-12-10-43/h4-8,13-18H,9-12H2,1-3H3,(H,39,44)(H,38,41,42). The SMILES string of the molecule is COc1cc(N2CCOCC2)ncc1Nc1ncc2cc(-c3cc(NC(=O)c4cccc(C(F)(F)F)c4)ccc3C)nc(OC)c2n1. The fourth-order valence-electron chi connectivity index (χ4n) is 5.14. The maximum absolute atomic E-state index is 13.2. The fourth-order valence-corrected chi connectivity index (χ4v) is 5.14. The highest BCUT2D eigenvalue weighted by Gasteiger charge is 2.31. The predicted octanol–water partition coefficient (Wildman–Crippen LogP) is 6.26. The summed E-state index contributed by atoms with van der Waals surface area (Å²) in [4.78, 5) is 33.3. The number of nitrogens with one attached hydrogen (secondary N) is 2. The lowest BCUT2D eigenvalue weighted by molar-refractivity contribution is -0.137. The number of aryl methyl sites for hydroxylation is 1. The van der Waals surface area contributed by atoms with Gasteiger partial charge in [-0.2, -0.15) is 13.2 Å². The fraction of sp³-hybridized carbons (Fsp3) is 0.242. The molecule has 0 saturated carbocycles. The van der Waals surface area contributed by atoms with Crippen molar-refractivity contribution in [3.8, 4) is 22.9 Å². The van der Waals surface area contributed by atoms with Crippen LogP contribution >= 0.6 is 0 Å². The lowest BCUT2D eigenvalue weighted by Crippen LogP contribution is -2.36. The van der Waals surface area contributed by atoms with Gasteiger partial charge in [0.05, 0.1) is 44.9 Å². The molecule has 4 heterocycles. The van der Waals surface area contributed by atoms with E-state index in [2.05, 4.69) is 35.5 Å². The number of halogens is 3. The Bertz CT molecular complexity index is 1950. The van der Waals surface area contributed by atoms with Crippen molar-refractivity contribution in [3.63, 3.8) is 0 Å². The van der Waals surface area contributed by atoms with E-state index in [4.69, 9.17) is 14.2 Å². The zero-order chi connectivity index (χ0) is 33.1. The molecule has 3 aromatic heterocycles. The Balaban J connectivity index is 1.26. The second-order valence-electron chi connectivity index (χ2n) is 10.7. The number of carbonyl (C=O) groups is 1. The van der Waals surface area contributed by atoms with Crippen molar-refractivity contribution >= 4 is 40.0 Å². The molecular weight excluding hydrogens is 615 g/mol. The maximum Gasteiger partial charge on any atom is 0.416 e. The van der Waals surface area contributed by atoms with Crippen molar-refractivity contribution < 1.29 is 32.2 Å². The molecule has 1 aliphatic rings. The number of ether oxygens (including phenoxy) is 3. The van der Waals surface area contributed by atoms with E-state index in [9.17, 15) is 18.0 Å². The minimum Gasteiger partial charge on any atom is -0.494 e. The molecule has 0 bridgehead atoms. The first kappa shape index (κ1) is 31.5. The Kier molecular flexibility index (Phi) is 8.76. The molecule has 11 nitrogen and oxygen atoms in total. The summed E-state index contributed by atoms with van der Waals surface area (Å²) < 4.78 is 56.1. The summed E-state index contributed by atoms with van der Waals surface area (Å²) >= 11 is 0. The Labute approximate surface area is 267 Å². The third-order valence-electron chi connectivity index (χ3n) is 7.60. The van der Waals surface area contributed by atoms with E-state index in [1.807, 2.05) is 13.0 Å². The second-order valence-corrected chi connectivity index (χ2v) is 10.7. The van der Waals surface area contributed by atoms with Crippen molar-refractivity contribution in [1.29, 1.82) is 0 Å². The van der Waals surface area contributed by atoms with Crippen LogP contribution in [0.25, 0.3) is 22.2 Å². The summed E-state index contributed by atoms with van der Waals surface area (Å²) in [6.07, 6.45) is -1.26. The molecule has 0 atom stereocenters. The Morgan fingerprint density at radius 2 is 1.77 bits per heavy atom. The normalized spacial score (nSPS) is 13.4. The van der Waals surface area contributed by atoms with Crippen molar-refractivity contribution in [2.75, 3.05) is 56.1 Å². The Morgan fingerprint density at radius 1 is 0.957 bits per heavy atom. The number of pyridine rings is 2. The van der Waals surface area contributed by atoms with Crippen LogP contribution in [-0.4, -0.2) is 66.4 Å². The van der Waals surface area contributed by atoms with Crippen LogP contribution in [0.4, 0.5) is 36.3 Å². The van der Waals surface area contributed by atoms with E-state index < -0.39 is 17.6 Å². The molecule has 47 heavy (non-hydrogen) atoms. The number of morpholine rings is 1. The molecule has 1 saturated heterocycles. The summed E-state index contributed by atoms with van der Waals surface area (Å²) in [7, 11) is 3.06. The lowest BCUT2D eigenvalue weighted by Gasteiger charge is -2.28. The highest BCUT2D eigenvalue weighted by atomic mass is 19.4. The van der Waals surface area contributed by atoms with Crippen LogP contribution in [0.3, 0.4) is 0 Å². The molecule has 14 heteroatoms. The van der Waals surface area contributed by atoms with Crippen LogP contribution < -0.4 is 25.0 Å². The van der Waals surface area contributed by atoms with Crippen molar-refractivity contribution in [1.82, 2.24) is 19.9 Å². The second kappa shape index (κ2) is 13.1. The number of rotatable bonds is 8. The van der Waals surface area contributed by atoms with Crippen LogP contribution in [0.2, 0.25) is 0 Å². The highest BCUT2D eigenvalue weighted by molar-refractivity contribution is 6.04. The topological polar surface area (TPSA) is 124 Å². The summed E-state index contributed by atoms with van der Waals surface area (Å²) in [5.41, 5.74) is 2.43. The average Bonchev–Trinajstić information content (AvgIpc) is 3.08. The number of benzene rings is 2. The average molecular weight is 646 g/mol. The van der Waals surface area contributed by atoms with E-state index in [1.54, 1.807) is 43.8 Å². The first-order valence-corrected chi connectivity index (χ1v) is 14.6. The molecule has 2 aromatic carbocycles. The van der Waals surface area contributed by atoms with Gasteiger partial charge in [-0.05, 0) is 48.9 Å². The zero-order valence-corrected chi connectivity index (χ0v) is 25.7. The molecule has 6 rings (SSSR count). The van der Waals surface area contributed by atoms with E-state index >= 15 is 0 Å². The van der Waals surface area contributed by atoms with Gasteiger partial charge < -0.3 is 29.7 Å². The molecular formula is C33H30F3N7O4. The number of anilines is 4. The lowest BCUT2D eigenvalue weighted by atomic mass is 10.0. The predicted molar refractivity (Wildman–Crippen MR) is 171 cm³/mol. The van der Waals surface area contributed by atoms with Gasteiger partial charge in [-0.3, -0.25) is 4.79 Å². The minimum absolute atomic E-state index is 0.115. The monoisotopic (exact) mass is 645 g/mol. The van der Waals surface area contributed by atoms with Gasteiger partial charge in [0.25, 0.3) is 5.91 Å². The number of nitrogens with zero attached hydrogens (tertiary/aromatic N) is 5. The molecule has 0 radical (unpaired) electrons. The van der Waals surface area contributed by atoms with Gasteiger partial charge in [0, 0.05) is 47.6 Å². The molecule has 1 amide bonds. The summed E-state index contributed by atoms with van der Waals surface area (Å²) in [6, 6.07) is 13.0. The van der Waals surface area contributed by atoms with Gasteiger partial charge in [0.2, 0.25) is 11.8 Å². The molecule has 0 aliphatic carbocycles. The number of alkyl halides is 3. The number of carbonyl (C=O) groups excluding carboxylic acids is 1. The van der Waals surface area contributed by atoms with Gasteiger partial charge >= 0.3 is 6.18 Å². The van der Waals surface area contributed by atoms with Gasteiger partial charge in [-0.1, -0.05) is 12.1 Å². The number of methoxy groups -OCH3 is 2. The number of aromatic nitrogens is 4. The quantitative estimate of drug-likeness (QED) is 0.200. The molecule has 0 spiro atoms. The third-order valence-corrected chi connectivity index (χ3v) is 7.60. The molecule has 242 valence electrons. The first-order valence-electron chi connectivity index (χ1n) is 14.6. The van der Waals surface area contributed by atoms with Gasteiger partial charge in [0.1, 0.15) is 22.8 Å². The third kappa shape index (κ3) is 6.87.